The Labute approximate surface area is 151 Å². The maximum Gasteiger partial charge on any atom is 0.186 e. The summed E-state index contributed by atoms with van der Waals surface area (Å²) in [4.78, 5) is 5.09. The lowest BCUT2D eigenvalue weighted by Crippen LogP contribution is -2.44. The van der Waals surface area contributed by atoms with Gasteiger partial charge in [0.2, 0.25) is 0 Å². The van der Waals surface area contributed by atoms with E-state index in [9.17, 15) is 0 Å². The van der Waals surface area contributed by atoms with Crippen molar-refractivity contribution in [2.45, 2.75) is 31.7 Å². The van der Waals surface area contributed by atoms with Gasteiger partial charge in [0.25, 0.3) is 0 Å². The average Bonchev–Trinajstić information content (AvgIpc) is 3.41. The van der Waals surface area contributed by atoms with Gasteiger partial charge < -0.3 is 9.80 Å². The van der Waals surface area contributed by atoms with Gasteiger partial charge in [-0.15, -0.1) is 15.3 Å². The molecule has 5 heterocycles. The van der Waals surface area contributed by atoms with E-state index in [1.54, 1.807) is 11.3 Å². The number of aromatic nitrogens is 4. The summed E-state index contributed by atoms with van der Waals surface area (Å²) in [6, 6.07) is 6.94. The highest BCUT2D eigenvalue weighted by Gasteiger charge is 2.27. The van der Waals surface area contributed by atoms with Crippen molar-refractivity contribution in [1.29, 1.82) is 0 Å². The lowest BCUT2D eigenvalue weighted by Gasteiger charge is -2.37. The minimum atomic E-state index is 0.763. The van der Waals surface area contributed by atoms with Gasteiger partial charge in [0.1, 0.15) is 5.82 Å². The van der Waals surface area contributed by atoms with Crippen LogP contribution in [0.5, 0.6) is 0 Å². The molecule has 0 aliphatic carbocycles. The minimum Gasteiger partial charge on any atom is -0.355 e. The second kappa shape index (κ2) is 6.38. The first-order chi connectivity index (χ1) is 12.4. The predicted molar refractivity (Wildman–Crippen MR) is 100 cm³/mol. The monoisotopic (exact) mass is 354 g/mol. The molecular weight excluding hydrogens is 332 g/mol. The number of likely N-dealkylation sites (tertiary alicyclic amines) is 1. The first-order valence-electron chi connectivity index (χ1n) is 9.12. The normalized spacial score (nSPS) is 19.9. The smallest absolute Gasteiger partial charge is 0.186 e. The van der Waals surface area contributed by atoms with Crippen LogP contribution in [-0.4, -0.2) is 56.9 Å². The second-order valence-corrected chi connectivity index (χ2v) is 7.74. The van der Waals surface area contributed by atoms with Crippen LogP contribution in [0.2, 0.25) is 0 Å². The number of nitrogens with zero attached hydrogens (tertiary/aromatic N) is 6. The van der Waals surface area contributed by atoms with Crippen molar-refractivity contribution in [1.82, 2.24) is 24.7 Å². The van der Waals surface area contributed by atoms with Gasteiger partial charge in [-0.05, 0) is 62.4 Å². The Bertz CT molecular complexity index is 844. The van der Waals surface area contributed by atoms with Gasteiger partial charge in [0, 0.05) is 30.1 Å². The first-order valence-corrected chi connectivity index (χ1v) is 10.1. The summed E-state index contributed by atoms with van der Waals surface area (Å²) in [5, 5.41) is 17.6. The van der Waals surface area contributed by atoms with Gasteiger partial charge in [-0.25, -0.2) is 0 Å². The van der Waals surface area contributed by atoms with Crippen molar-refractivity contribution in [2.24, 2.45) is 0 Å². The summed E-state index contributed by atoms with van der Waals surface area (Å²) < 4.78 is 1.88. The fourth-order valence-electron chi connectivity index (χ4n) is 4.09. The Morgan fingerprint density at radius 3 is 2.56 bits per heavy atom. The highest BCUT2D eigenvalue weighted by Crippen LogP contribution is 2.25. The molecule has 25 heavy (non-hydrogen) atoms. The van der Waals surface area contributed by atoms with Crippen LogP contribution in [0.15, 0.2) is 29.0 Å². The molecule has 0 N–H and O–H groups in total. The van der Waals surface area contributed by atoms with E-state index in [4.69, 9.17) is 5.10 Å². The maximum atomic E-state index is 4.85. The van der Waals surface area contributed by atoms with Crippen LogP contribution in [0.25, 0.3) is 17.0 Å². The molecule has 3 aromatic rings. The lowest BCUT2D eigenvalue weighted by molar-refractivity contribution is 0.207. The fourth-order valence-corrected chi connectivity index (χ4v) is 4.72. The summed E-state index contributed by atoms with van der Waals surface area (Å²) in [6.07, 6.45) is 5.22. The van der Waals surface area contributed by atoms with Crippen LogP contribution >= 0.6 is 11.3 Å². The molecule has 130 valence electrons. The molecule has 0 atom stereocenters. The Kier molecular flexibility index (Phi) is 3.90. The minimum absolute atomic E-state index is 0.763. The van der Waals surface area contributed by atoms with Gasteiger partial charge in [-0.1, -0.05) is 0 Å². The van der Waals surface area contributed by atoms with Crippen molar-refractivity contribution in [3.8, 4) is 11.4 Å². The van der Waals surface area contributed by atoms with E-state index in [2.05, 4.69) is 42.9 Å². The standard InChI is InChI=1S/C18H22N6S/c1-2-9-22(8-1)15-5-10-23(11-6-15)17-4-3-16-19-20-18(24(16)21-17)14-7-12-25-13-14/h3-4,7,12-13,15H,1-2,5-6,8-11H2. The number of rotatable bonds is 3. The predicted octanol–water partition coefficient (Wildman–Crippen LogP) is 2.92. The molecule has 2 aliphatic rings. The van der Waals surface area contributed by atoms with Crippen LogP contribution < -0.4 is 4.90 Å². The molecule has 0 bridgehead atoms. The molecular formula is C18H22N6S. The van der Waals surface area contributed by atoms with Crippen molar-refractivity contribution in [3.05, 3.63) is 29.0 Å². The Morgan fingerprint density at radius 1 is 0.960 bits per heavy atom. The molecule has 0 amide bonds. The lowest BCUT2D eigenvalue weighted by atomic mass is 10.0. The first kappa shape index (κ1) is 15.3. The largest absolute Gasteiger partial charge is 0.355 e. The van der Waals surface area contributed by atoms with Crippen LogP contribution in [0.1, 0.15) is 25.7 Å². The number of thiophene rings is 1. The zero-order chi connectivity index (χ0) is 16.6. The van der Waals surface area contributed by atoms with E-state index in [-0.39, 0.29) is 0 Å². The molecule has 2 aliphatic heterocycles. The molecule has 5 rings (SSSR count). The van der Waals surface area contributed by atoms with E-state index in [1.807, 2.05) is 10.6 Å². The molecule has 0 aromatic carbocycles. The highest BCUT2D eigenvalue weighted by molar-refractivity contribution is 7.08. The molecule has 7 heteroatoms. The second-order valence-electron chi connectivity index (χ2n) is 6.96. The quantitative estimate of drug-likeness (QED) is 0.724. The van der Waals surface area contributed by atoms with Gasteiger partial charge in [0.15, 0.2) is 11.5 Å². The Hall–Kier alpha value is -1.99. The van der Waals surface area contributed by atoms with Crippen LogP contribution in [0.4, 0.5) is 5.82 Å². The van der Waals surface area contributed by atoms with E-state index in [1.165, 1.54) is 38.8 Å². The van der Waals surface area contributed by atoms with Crippen molar-refractivity contribution < 1.29 is 0 Å². The molecule has 6 nitrogen and oxygen atoms in total. The number of piperidine rings is 1. The third kappa shape index (κ3) is 2.81. The van der Waals surface area contributed by atoms with Crippen LogP contribution in [0.3, 0.4) is 0 Å². The molecule has 0 saturated carbocycles. The fraction of sp³-hybridized carbons (Fsp3) is 0.500. The number of anilines is 1. The third-order valence-corrected chi connectivity index (χ3v) is 6.16. The van der Waals surface area contributed by atoms with Gasteiger partial charge >= 0.3 is 0 Å². The van der Waals surface area contributed by atoms with E-state index < -0.39 is 0 Å². The third-order valence-electron chi connectivity index (χ3n) is 5.47. The number of hydrogen-bond donors (Lipinski definition) is 0. The van der Waals surface area contributed by atoms with E-state index in [0.717, 1.165) is 42.0 Å². The summed E-state index contributed by atoms with van der Waals surface area (Å²) in [7, 11) is 0. The van der Waals surface area contributed by atoms with E-state index >= 15 is 0 Å². The van der Waals surface area contributed by atoms with E-state index in [0.29, 0.717) is 0 Å². The van der Waals surface area contributed by atoms with Crippen molar-refractivity contribution in [3.63, 3.8) is 0 Å². The number of fused-ring (bicyclic) bond motifs is 1. The molecule has 0 radical (unpaired) electrons. The highest BCUT2D eigenvalue weighted by atomic mass is 32.1. The molecule has 3 aromatic heterocycles. The van der Waals surface area contributed by atoms with Gasteiger partial charge in [-0.3, -0.25) is 0 Å². The van der Waals surface area contributed by atoms with Crippen molar-refractivity contribution >= 4 is 22.8 Å². The van der Waals surface area contributed by atoms with Crippen LogP contribution in [0, 0.1) is 0 Å². The van der Waals surface area contributed by atoms with Gasteiger partial charge in [0.05, 0.1) is 0 Å². The summed E-state index contributed by atoms with van der Waals surface area (Å²) >= 11 is 1.67. The average molecular weight is 354 g/mol. The SMILES string of the molecule is c1cc(-c2nnc3ccc(N4CCC(N5CCCC5)CC4)nn23)cs1. The summed E-state index contributed by atoms with van der Waals surface area (Å²) in [6.45, 7) is 4.74. The Balaban J connectivity index is 1.37. The molecule has 0 unspecified atom stereocenters. The van der Waals surface area contributed by atoms with Gasteiger partial charge in [-0.2, -0.15) is 15.9 Å². The molecule has 0 spiro atoms. The maximum absolute atomic E-state index is 4.85. The summed E-state index contributed by atoms with van der Waals surface area (Å²) in [5.74, 6) is 1.86. The number of hydrogen-bond acceptors (Lipinski definition) is 6. The summed E-state index contributed by atoms with van der Waals surface area (Å²) in [5.41, 5.74) is 1.88. The van der Waals surface area contributed by atoms with Crippen molar-refractivity contribution in [2.75, 3.05) is 31.1 Å². The zero-order valence-corrected chi connectivity index (χ0v) is 15.0. The van der Waals surface area contributed by atoms with Crippen LogP contribution in [-0.2, 0) is 0 Å². The Morgan fingerprint density at radius 2 is 1.80 bits per heavy atom. The molecule has 2 fully saturated rings. The molecule has 2 saturated heterocycles. The zero-order valence-electron chi connectivity index (χ0n) is 14.2. The topological polar surface area (TPSA) is 49.6 Å².